The number of thiophene rings is 1. The van der Waals surface area contributed by atoms with Gasteiger partial charge in [0.25, 0.3) is 0 Å². The molecule has 2 heteroatoms. The standard InChI is InChI=1S/C11H5NS/c12-7-2-5-9-3-1-4-10-6-8-13-11(9)10/h1,3-4,6,8H. The van der Waals surface area contributed by atoms with E-state index in [0.29, 0.717) is 0 Å². The second-order valence-electron chi connectivity index (χ2n) is 2.51. The fourth-order valence-corrected chi connectivity index (χ4v) is 2.06. The van der Waals surface area contributed by atoms with Crippen molar-refractivity contribution >= 4 is 21.4 Å². The molecular weight excluding hydrogens is 178 g/mol. The highest BCUT2D eigenvalue weighted by atomic mass is 32.1. The molecule has 0 aliphatic carbocycles. The Morgan fingerprint density at radius 1 is 1.23 bits per heavy atom. The van der Waals surface area contributed by atoms with Crippen molar-refractivity contribution in [1.29, 1.82) is 5.26 Å². The van der Waals surface area contributed by atoms with E-state index in [1.165, 1.54) is 5.39 Å². The number of hydrogen-bond acceptors (Lipinski definition) is 2. The van der Waals surface area contributed by atoms with E-state index in [4.69, 9.17) is 5.26 Å². The third kappa shape index (κ3) is 1.40. The zero-order valence-corrected chi connectivity index (χ0v) is 7.56. The molecule has 0 saturated carbocycles. The average molecular weight is 183 g/mol. The predicted octanol–water partition coefficient (Wildman–Crippen LogP) is 2.78. The maximum absolute atomic E-state index is 8.33. The minimum atomic E-state index is 0.939. The van der Waals surface area contributed by atoms with Crippen molar-refractivity contribution in [2.24, 2.45) is 0 Å². The summed E-state index contributed by atoms with van der Waals surface area (Å²) in [6, 6.07) is 9.80. The topological polar surface area (TPSA) is 23.8 Å². The Kier molecular flexibility index (Phi) is 2.00. The minimum absolute atomic E-state index is 0.939. The largest absolute Gasteiger partial charge is 0.183 e. The first-order valence-corrected chi connectivity index (χ1v) is 4.66. The summed E-state index contributed by atoms with van der Waals surface area (Å²) < 4.78 is 1.16. The molecule has 0 N–H and O–H groups in total. The van der Waals surface area contributed by atoms with E-state index >= 15 is 0 Å². The first-order valence-electron chi connectivity index (χ1n) is 3.78. The highest BCUT2D eigenvalue weighted by molar-refractivity contribution is 7.17. The lowest BCUT2D eigenvalue weighted by Gasteiger charge is -1.91. The summed E-state index contributed by atoms with van der Waals surface area (Å²) in [4.78, 5) is 0. The second kappa shape index (κ2) is 3.31. The Morgan fingerprint density at radius 3 is 3.00 bits per heavy atom. The first kappa shape index (κ1) is 7.86. The Hall–Kier alpha value is -1.77. The molecule has 60 valence electrons. The highest BCUT2D eigenvalue weighted by Gasteiger charge is 1.97. The fraction of sp³-hybridized carbons (Fsp3) is 0. The van der Waals surface area contributed by atoms with Crippen molar-refractivity contribution in [2.75, 3.05) is 0 Å². The van der Waals surface area contributed by atoms with Crippen LogP contribution in [0.1, 0.15) is 5.56 Å². The lowest BCUT2D eigenvalue weighted by molar-refractivity contribution is 1.55. The van der Waals surface area contributed by atoms with E-state index in [2.05, 4.69) is 17.9 Å². The van der Waals surface area contributed by atoms with Gasteiger partial charge in [-0.3, -0.25) is 0 Å². The van der Waals surface area contributed by atoms with Crippen molar-refractivity contribution < 1.29 is 0 Å². The van der Waals surface area contributed by atoms with E-state index in [-0.39, 0.29) is 0 Å². The molecule has 0 radical (unpaired) electrons. The molecule has 1 heterocycles. The zero-order valence-electron chi connectivity index (χ0n) is 6.74. The number of benzene rings is 1. The Labute approximate surface area is 80.2 Å². The smallest absolute Gasteiger partial charge is 0.152 e. The molecule has 13 heavy (non-hydrogen) atoms. The molecule has 2 rings (SSSR count). The number of rotatable bonds is 0. The minimum Gasteiger partial charge on any atom is -0.183 e. The molecule has 1 nitrogen and oxygen atoms in total. The van der Waals surface area contributed by atoms with Gasteiger partial charge in [-0.05, 0) is 28.8 Å². The van der Waals surface area contributed by atoms with E-state index in [9.17, 15) is 0 Å². The molecule has 1 aromatic carbocycles. The Bertz CT molecular complexity index is 534. The molecule has 0 fully saturated rings. The number of nitrogens with zero attached hydrogens (tertiary/aromatic N) is 1. The van der Waals surface area contributed by atoms with Crippen LogP contribution in [0.2, 0.25) is 0 Å². The summed E-state index contributed by atoms with van der Waals surface area (Å²) in [7, 11) is 0. The zero-order chi connectivity index (χ0) is 9.10. The van der Waals surface area contributed by atoms with Crippen LogP contribution < -0.4 is 0 Å². The van der Waals surface area contributed by atoms with Crippen molar-refractivity contribution in [3.05, 3.63) is 35.2 Å². The number of hydrogen-bond donors (Lipinski definition) is 0. The molecule has 0 saturated heterocycles. The van der Waals surface area contributed by atoms with E-state index in [0.717, 1.165) is 10.3 Å². The van der Waals surface area contributed by atoms with Gasteiger partial charge in [0, 0.05) is 16.2 Å². The monoisotopic (exact) mass is 183 g/mol. The summed E-state index contributed by atoms with van der Waals surface area (Å²) >= 11 is 1.65. The molecule has 2 aromatic rings. The first-order chi connectivity index (χ1) is 6.42. The summed E-state index contributed by atoms with van der Waals surface area (Å²) in [6.45, 7) is 0. The van der Waals surface area contributed by atoms with Gasteiger partial charge >= 0.3 is 0 Å². The second-order valence-corrected chi connectivity index (χ2v) is 3.42. The van der Waals surface area contributed by atoms with Gasteiger partial charge in [-0.2, -0.15) is 5.26 Å². The van der Waals surface area contributed by atoms with Gasteiger partial charge in [0.1, 0.15) is 0 Å². The fourth-order valence-electron chi connectivity index (χ4n) is 1.19. The third-order valence-electron chi connectivity index (χ3n) is 1.73. The van der Waals surface area contributed by atoms with Crippen LogP contribution in [0.5, 0.6) is 0 Å². The van der Waals surface area contributed by atoms with Gasteiger partial charge in [0.2, 0.25) is 0 Å². The molecule has 0 unspecified atom stereocenters. The van der Waals surface area contributed by atoms with Crippen LogP contribution in [-0.2, 0) is 0 Å². The SMILES string of the molecule is N#CC#Cc1cccc2ccsc12. The van der Waals surface area contributed by atoms with Gasteiger partial charge in [-0.25, -0.2) is 0 Å². The van der Waals surface area contributed by atoms with Crippen LogP contribution in [0.3, 0.4) is 0 Å². The molecule has 0 atom stereocenters. The molecule has 0 aliphatic heterocycles. The van der Waals surface area contributed by atoms with Gasteiger partial charge in [-0.1, -0.05) is 12.1 Å². The molecule has 0 amide bonds. The quantitative estimate of drug-likeness (QED) is 0.576. The van der Waals surface area contributed by atoms with Crippen LogP contribution >= 0.6 is 11.3 Å². The molecule has 0 bridgehead atoms. The van der Waals surface area contributed by atoms with Crippen molar-refractivity contribution in [3.63, 3.8) is 0 Å². The van der Waals surface area contributed by atoms with Crippen LogP contribution in [0.4, 0.5) is 0 Å². The predicted molar refractivity (Wildman–Crippen MR) is 54.3 cm³/mol. The number of nitriles is 1. The summed E-state index contributed by atoms with van der Waals surface area (Å²) in [6.07, 6.45) is 0. The van der Waals surface area contributed by atoms with Crippen LogP contribution in [0, 0.1) is 23.2 Å². The lowest BCUT2D eigenvalue weighted by atomic mass is 10.2. The van der Waals surface area contributed by atoms with Crippen LogP contribution in [0.25, 0.3) is 10.1 Å². The summed E-state index contributed by atoms with van der Waals surface area (Å²) in [5.41, 5.74) is 0.939. The third-order valence-corrected chi connectivity index (χ3v) is 2.70. The van der Waals surface area contributed by atoms with Crippen LogP contribution in [-0.4, -0.2) is 0 Å². The molecule has 0 aliphatic rings. The highest BCUT2D eigenvalue weighted by Crippen LogP contribution is 2.23. The van der Waals surface area contributed by atoms with Crippen molar-refractivity contribution in [1.82, 2.24) is 0 Å². The van der Waals surface area contributed by atoms with Gasteiger partial charge < -0.3 is 0 Å². The molecule has 1 aromatic heterocycles. The number of fused-ring (bicyclic) bond motifs is 1. The van der Waals surface area contributed by atoms with Gasteiger partial charge in [-0.15, -0.1) is 11.3 Å². The molecular formula is C11H5NS. The summed E-state index contributed by atoms with van der Waals surface area (Å²) in [5, 5.41) is 11.5. The van der Waals surface area contributed by atoms with Crippen molar-refractivity contribution in [3.8, 4) is 17.9 Å². The summed E-state index contributed by atoms with van der Waals surface area (Å²) in [5.74, 6) is 5.23. The average Bonchev–Trinajstić information content (AvgIpc) is 2.62. The van der Waals surface area contributed by atoms with Crippen LogP contribution in [0.15, 0.2) is 29.6 Å². The normalized spacial score (nSPS) is 8.85. The van der Waals surface area contributed by atoms with E-state index in [1.807, 2.05) is 29.6 Å². The maximum Gasteiger partial charge on any atom is 0.152 e. The Morgan fingerprint density at radius 2 is 2.15 bits per heavy atom. The molecule has 0 spiro atoms. The lowest BCUT2D eigenvalue weighted by Crippen LogP contribution is -1.72. The maximum atomic E-state index is 8.33. The Balaban J connectivity index is 2.69. The van der Waals surface area contributed by atoms with E-state index in [1.54, 1.807) is 11.3 Å². The van der Waals surface area contributed by atoms with E-state index < -0.39 is 0 Å². The van der Waals surface area contributed by atoms with Gasteiger partial charge in [0.15, 0.2) is 6.07 Å². The van der Waals surface area contributed by atoms with Gasteiger partial charge in [0.05, 0.1) is 0 Å². The van der Waals surface area contributed by atoms with Crippen molar-refractivity contribution in [2.45, 2.75) is 0 Å².